The molecular weight excluding hydrogens is 253 g/mol. The number of rotatable bonds is 2. The molecule has 0 bridgehead atoms. The number of nitrogens with zero attached hydrogens (tertiary/aromatic N) is 1. The average molecular weight is 275 g/mol. The monoisotopic (exact) mass is 275 g/mol. The zero-order valence-corrected chi connectivity index (χ0v) is 12.0. The largest absolute Gasteiger partial charge is 0.384 e. The molecule has 2 nitrogen and oxygen atoms in total. The second kappa shape index (κ2) is 7.42. The van der Waals surface area contributed by atoms with Crippen molar-refractivity contribution < 1.29 is 9.50 Å². The summed E-state index contributed by atoms with van der Waals surface area (Å²) >= 11 is 0. The van der Waals surface area contributed by atoms with Gasteiger partial charge in [-0.3, -0.25) is 4.90 Å². The van der Waals surface area contributed by atoms with Crippen LogP contribution in [0.3, 0.4) is 0 Å². The van der Waals surface area contributed by atoms with E-state index >= 15 is 0 Å². The summed E-state index contributed by atoms with van der Waals surface area (Å²) in [6.45, 7) is 3.90. The van der Waals surface area contributed by atoms with Gasteiger partial charge in [-0.2, -0.15) is 0 Å². The van der Waals surface area contributed by atoms with E-state index in [9.17, 15) is 4.39 Å². The molecule has 1 heterocycles. The lowest BCUT2D eigenvalue weighted by molar-refractivity contribution is 0.204. The number of likely N-dealkylation sites (tertiary alicyclic amines) is 1. The summed E-state index contributed by atoms with van der Waals surface area (Å²) in [5.74, 6) is 5.09. The molecule has 1 atom stereocenters. The van der Waals surface area contributed by atoms with Gasteiger partial charge in [0, 0.05) is 18.2 Å². The Balaban J connectivity index is 2.13. The van der Waals surface area contributed by atoms with Gasteiger partial charge in [0.25, 0.3) is 0 Å². The van der Waals surface area contributed by atoms with Crippen LogP contribution in [0.25, 0.3) is 0 Å². The minimum absolute atomic E-state index is 0.199. The van der Waals surface area contributed by atoms with Crippen LogP contribution in [-0.4, -0.2) is 29.2 Å². The molecule has 20 heavy (non-hydrogen) atoms. The molecule has 0 aromatic heterocycles. The van der Waals surface area contributed by atoms with E-state index in [0.717, 1.165) is 18.7 Å². The highest BCUT2D eigenvalue weighted by atomic mass is 19.1. The maximum absolute atomic E-state index is 13.6. The van der Waals surface area contributed by atoms with E-state index in [-0.39, 0.29) is 12.4 Å². The van der Waals surface area contributed by atoms with Crippen LogP contribution in [-0.2, 0) is 6.54 Å². The number of hydrogen-bond acceptors (Lipinski definition) is 2. The molecule has 1 aliphatic heterocycles. The number of aliphatic hydroxyl groups excluding tert-OH is 1. The van der Waals surface area contributed by atoms with Crippen LogP contribution in [0.2, 0.25) is 0 Å². The Hall–Kier alpha value is -1.37. The first-order valence-corrected chi connectivity index (χ1v) is 7.32. The van der Waals surface area contributed by atoms with Gasteiger partial charge in [-0.25, -0.2) is 4.39 Å². The Labute approximate surface area is 120 Å². The summed E-state index contributed by atoms with van der Waals surface area (Å²) in [6, 6.07) is 5.47. The molecule has 0 amide bonds. The van der Waals surface area contributed by atoms with E-state index in [1.54, 1.807) is 6.07 Å². The Morgan fingerprint density at radius 2 is 2.15 bits per heavy atom. The molecule has 0 radical (unpaired) electrons. The second-order valence-corrected chi connectivity index (χ2v) is 5.48. The van der Waals surface area contributed by atoms with Gasteiger partial charge in [-0.1, -0.05) is 24.7 Å². The van der Waals surface area contributed by atoms with Crippen molar-refractivity contribution in [1.29, 1.82) is 0 Å². The van der Waals surface area contributed by atoms with Gasteiger partial charge in [0.2, 0.25) is 0 Å². The fourth-order valence-electron chi connectivity index (χ4n) is 2.76. The lowest BCUT2D eigenvalue weighted by Crippen LogP contribution is -2.32. The SMILES string of the molecule is CC1CCCCCN1Cc1cc(F)cc(C#CCO)c1. The average Bonchev–Trinajstić information content (AvgIpc) is 2.61. The molecule has 0 saturated carbocycles. The van der Waals surface area contributed by atoms with Crippen molar-refractivity contribution in [2.45, 2.75) is 45.2 Å². The highest BCUT2D eigenvalue weighted by molar-refractivity contribution is 5.37. The van der Waals surface area contributed by atoms with Crippen molar-refractivity contribution in [3.8, 4) is 11.8 Å². The van der Waals surface area contributed by atoms with E-state index in [1.165, 1.54) is 31.7 Å². The zero-order valence-electron chi connectivity index (χ0n) is 12.0. The summed E-state index contributed by atoms with van der Waals surface area (Å²) in [4.78, 5) is 2.42. The van der Waals surface area contributed by atoms with Gasteiger partial charge in [0.05, 0.1) is 0 Å². The second-order valence-electron chi connectivity index (χ2n) is 5.48. The Bertz CT molecular complexity index is 503. The van der Waals surface area contributed by atoms with Gasteiger partial charge in [0.15, 0.2) is 0 Å². The number of aliphatic hydroxyl groups is 1. The quantitative estimate of drug-likeness (QED) is 0.839. The van der Waals surface area contributed by atoms with Gasteiger partial charge in [-0.15, -0.1) is 0 Å². The highest BCUT2D eigenvalue weighted by Gasteiger charge is 2.17. The molecule has 1 aliphatic rings. The van der Waals surface area contributed by atoms with Crippen molar-refractivity contribution >= 4 is 0 Å². The van der Waals surface area contributed by atoms with Gasteiger partial charge >= 0.3 is 0 Å². The maximum Gasteiger partial charge on any atom is 0.124 e. The Morgan fingerprint density at radius 1 is 1.30 bits per heavy atom. The molecule has 108 valence electrons. The summed E-state index contributed by atoms with van der Waals surface area (Å²) < 4.78 is 13.6. The lowest BCUT2D eigenvalue weighted by Gasteiger charge is -2.27. The van der Waals surface area contributed by atoms with Crippen LogP contribution in [0.15, 0.2) is 18.2 Å². The van der Waals surface area contributed by atoms with Crippen LogP contribution in [0, 0.1) is 17.7 Å². The molecule has 1 N–H and O–H groups in total. The molecule has 1 aromatic rings. The maximum atomic E-state index is 13.6. The van der Waals surface area contributed by atoms with E-state index in [1.807, 2.05) is 6.07 Å². The fourth-order valence-corrected chi connectivity index (χ4v) is 2.76. The smallest absolute Gasteiger partial charge is 0.124 e. The zero-order chi connectivity index (χ0) is 14.4. The third-order valence-electron chi connectivity index (χ3n) is 3.85. The Kier molecular flexibility index (Phi) is 5.58. The van der Waals surface area contributed by atoms with Gasteiger partial charge < -0.3 is 5.11 Å². The third kappa shape index (κ3) is 4.33. The van der Waals surface area contributed by atoms with Crippen LogP contribution in [0.5, 0.6) is 0 Å². The molecule has 1 saturated heterocycles. The standard InChI is InChI=1S/C17H22FNO/c1-14-6-3-2-4-8-19(14)13-16-10-15(7-5-9-20)11-17(18)12-16/h10-12,14,20H,2-4,6,8-9,13H2,1H3. The fraction of sp³-hybridized carbons (Fsp3) is 0.529. The molecule has 0 aliphatic carbocycles. The topological polar surface area (TPSA) is 23.5 Å². The van der Waals surface area contributed by atoms with Crippen molar-refractivity contribution in [1.82, 2.24) is 4.90 Å². The summed E-state index contributed by atoms with van der Waals surface area (Å²) in [5.41, 5.74) is 1.59. The molecular formula is C17H22FNO. The van der Waals surface area contributed by atoms with Gasteiger partial charge in [0.1, 0.15) is 12.4 Å². The van der Waals surface area contributed by atoms with E-state index in [0.29, 0.717) is 11.6 Å². The summed E-state index contributed by atoms with van der Waals surface area (Å²) in [5, 5.41) is 8.72. The molecule has 2 rings (SSSR count). The first kappa shape index (κ1) is 15.0. The number of hydrogen-bond donors (Lipinski definition) is 1. The first-order valence-electron chi connectivity index (χ1n) is 7.32. The van der Waals surface area contributed by atoms with E-state index in [4.69, 9.17) is 5.11 Å². The van der Waals surface area contributed by atoms with Crippen molar-refractivity contribution in [3.05, 3.63) is 35.1 Å². The summed E-state index contributed by atoms with van der Waals surface area (Å²) in [7, 11) is 0. The molecule has 1 unspecified atom stereocenters. The molecule has 1 fully saturated rings. The van der Waals surface area contributed by atoms with Crippen molar-refractivity contribution in [2.75, 3.05) is 13.2 Å². The first-order chi connectivity index (χ1) is 9.69. The normalized spacial score (nSPS) is 20.1. The van der Waals surface area contributed by atoms with Crippen LogP contribution in [0.1, 0.15) is 43.7 Å². The predicted octanol–water partition coefficient (Wildman–Crippen LogP) is 2.93. The van der Waals surface area contributed by atoms with Crippen molar-refractivity contribution in [2.24, 2.45) is 0 Å². The minimum atomic E-state index is -0.257. The highest BCUT2D eigenvalue weighted by Crippen LogP contribution is 2.19. The van der Waals surface area contributed by atoms with Gasteiger partial charge in [-0.05, 0) is 50.1 Å². The van der Waals surface area contributed by atoms with Crippen molar-refractivity contribution in [3.63, 3.8) is 0 Å². The predicted molar refractivity (Wildman–Crippen MR) is 78.7 cm³/mol. The van der Waals surface area contributed by atoms with E-state index < -0.39 is 0 Å². The molecule has 1 aromatic carbocycles. The minimum Gasteiger partial charge on any atom is -0.384 e. The number of halogens is 1. The van der Waals surface area contributed by atoms with E-state index in [2.05, 4.69) is 23.7 Å². The molecule has 0 spiro atoms. The summed E-state index contributed by atoms with van der Waals surface area (Å²) in [6.07, 6.45) is 5.01. The van der Waals surface area contributed by atoms with Crippen LogP contribution in [0.4, 0.5) is 4.39 Å². The third-order valence-corrected chi connectivity index (χ3v) is 3.85. The number of benzene rings is 1. The Morgan fingerprint density at radius 3 is 2.95 bits per heavy atom. The van der Waals surface area contributed by atoms with Crippen LogP contribution < -0.4 is 0 Å². The molecule has 3 heteroatoms. The lowest BCUT2D eigenvalue weighted by atomic mass is 10.1. The van der Waals surface area contributed by atoms with Crippen LogP contribution >= 0.6 is 0 Å².